The smallest absolute Gasteiger partial charge is 0.315 e. The third-order valence-electron chi connectivity index (χ3n) is 3.55. The molecule has 22 heavy (non-hydrogen) atoms. The number of carbonyl (C=O) groups excluding carboxylic acids is 1. The van der Waals surface area contributed by atoms with Gasteiger partial charge >= 0.3 is 12.0 Å². The standard InChI is InChI=1S/C17H26N2O3/c1-4-13-7-9-14(10-8-13)16(12(2)3)19-17(22)18-11-5-6-15(20)21/h7-10,12,16H,4-6,11H2,1-3H3,(H,20,21)(H2,18,19,22). The lowest BCUT2D eigenvalue weighted by Crippen LogP contribution is -2.40. The molecule has 0 bridgehead atoms. The highest BCUT2D eigenvalue weighted by atomic mass is 16.4. The van der Waals surface area contributed by atoms with Crippen LogP contribution in [0.15, 0.2) is 24.3 Å². The molecule has 1 aromatic carbocycles. The highest BCUT2D eigenvalue weighted by Crippen LogP contribution is 2.22. The highest BCUT2D eigenvalue weighted by molar-refractivity contribution is 5.74. The maximum absolute atomic E-state index is 11.9. The van der Waals surface area contributed by atoms with Gasteiger partial charge in [-0.15, -0.1) is 0 Å². The van der Waals surface area contributed by atoms with E-state index >= 15 is 0 Å². The molecular weight excluding hydrogens is 280 g/mol. The van der Waals surface area contributed by atoms with Crippen molar-refractivity contribution >= 4 is 12.0 Å². The summed E-state index contributed by atoms with van der Waals surface area (Å²) in [6.07, 6.45) is 1.48. The van der Waals surface area contributed by atoms with Crippen LogP contribution < -0.4 is 10.6 Å². The lowest BCUT2D eigenvalue weighted by atomic mass is 9.95. The fourth-order valence-corrected chi connectivity index (χ4v) is 2.23. The average molecular weight is 306 g/mol. The average Bonchev–Trinajstić information content (AvgIpc) is 2.49. The van der Waals surface area contributed by atoms with E-state index in [-0.39, 0.29) is 24.4 Å². The summed E-state index contributed by atoms with van der Waals surface area (Å²) in [5, 5.41) is 14.2. The van der Waals surface area contributed by atoms with Crippen molar-refractivity contribution in [3.05, 3.63) is 35.4 Å². The number of urea groups is 1. The second kappa shape index (κ2) is 9.07. The summed E-state index contributed by atoms with van der Waals surface area (Å²) in [6, 6.07) is 7.94. The molecule has 0 aliphatic rings. The van der Waals surface area contributed by atoms with E-state index in [0.29, 0.717) is 13.0 Å². The van der Waals surface area contributed by atoms with Crippen LogP contribution in [0.1, 0.15) is 50.8 Å². The Morgan fingerprint density at radius 2 is 1.82 bits per heavy atom. The summed E-state index contributed by atoms with van der Waals surface area (Å²) in [7, 11) is 0. The van der Waals surface area contributed by atoms with Crippen molar-refractivity contribution in [2.75, 3.05) is 6.54 Å². The summed E-state index contributed by atoms with van der Waals surface area (Å²) < 4.78 is 0. The fourth-order valence-electron chi connectivity index (χ4n) is 2.23. The molecule has 0 heterocycles. The predicted octanol–water partition coefficient (Wildman–Crippen LogP) is 3.11. The van der Waals surface area contributed by atoms with Gasteiger partial charge < -0.3 is 15.7 Å². The van der Waals surface area contributed by atoms with E-state index in [1.807, 2.05) is 12.1 Å². The van der Waals surface area contributed by atoms with Crippen molar-refractivity contribution in [1.82, 2.24) is 10.6 Å². The molecule has 1 unspecified atom stereocenters. The minimum atomic E-state index is -0.849. The maximum atomic E-state index is 11.9. The lowest BCUT2D eigenvalue weighted by Gasteiger charge is -2.23. The van der Waals surface area contributed by atoms with Crippen molar-refractivity contribution in [3.63, 3.8) is 0 Å². The number of aryl methyl sites for hydroxylation is 1. The minimum absolute atomic E-state index is 0.0619. The molecule has 0 fully saturated rings. The summed E-state index contributed by atoms with van der Waals surface area (Å²) in [6.45, 7) is 6.59. The molecule has 0 aromatic heterocycles. The molecule has 5 nitrogen and oxygen atoms in total. The molecule has 1 atom stereocenters. The Bertz CT molecular complexity index is 483. The van der Waals surface area contributed by atoms with E-state index < -0.39 is 5.97 Å². The number of hydrogen-bond donors (Lipinski definition) is 3. The Kier molecular flexibility index (Phi) is 7.43. The molecule has 5 heteroatoms. The summed E-state index contributed by atoms with van der Waals surface area (Å²) in [5.74, 6) is -0.587. The van der Waals surface area contributed by atoms with Crippen molar-refractivity contribution in [2.45, 2.75) is 46.1 Å². The number of rotatable bonds is 8. The number of aliphatic carboxylic acids is 1. The first kappa shape index (κ1) is 18.0. The van der Waals surface area contributed by atoms with Gasteiger partial charge in [-0.1, -0.05) is 45.0 Å². The van der Waals surface area contributed by atoms with Gasteiger partial charge in [0.2, 0.25) is 0 Å². The van der Waals surface area contributed by atoms with E-state index in [9.17, 15) is 9.59 Å². The first-order valence-corrected chi connectivity index (χ1v) is 7.79. The van der Waals surface area contributed by atoms with Crippen LogP contribution in [0.2, 0.25) is 0 Å². The minimum Gasteiger partial charge on any atom is -0.481 e. The fraction of sp³-hybridized carbons (Fsp3) is 0.529. The molecule has 0 aliphatic carbocycles. The summed E-state index contributed by atoms with van der Waals surface area (Å²) >= 11 is 0. The van der Waals surface area contributed by atoms with Crippen LogP contribution in [0.4, 0.5) is 4.79 Å². The normalized spacial score (nSPS) is 12.0. The second-order valence-corrected chi connectivity index (χ2v) is 5.71. The Hall–Kier alpha value is -2.04. The van der Waals surface area contributed by atoms with Crippen molar-refractivity contribution in [3.8, 4) is 0 Å². The molecule has 1 rings (SSSR count). The van der Waals surface area contributed by atoms with Gasteiger partial charge in [0.05, 0.1) is 6.04 Å². The van der Waals surface area contributed by atoms with E-state index in [1.54, 1.807) is 0 Å². The van der Waals surface area contributed by atoms with Gasteiger partial charge in [-0.3, -0.25) is 4.79 Å². The van der Waals surface area contributed by atoms with Crippen LogP contribution >= 0.6 is 0 Å². The Labute approximate surface area is 132 Å². The Balaban J connectivity index is 2.56. The van der Waals surface area contributed by atoms with Gasteiger partial charge in [-0.05, 0) is 29.9 Å². The molecule has 0 saturated heterocycles. The SMILES string of the molecule is CCc1ccc(C(NC(=O)NCCCC(=O)O)C(C)C)cc1. The van der Waals surface area contributed by atoms with Gasteiger partial charge in [-0.25, -0.2) is 4.79 Å². The first-order valence-electron chi connectivity index (χ1n) is 7.79. The van der Waals surface area contributed by atoms with Gasteiger partial charge in [0.25, 0.3) is 0 Å². The van der Waals surface area contributed by atoms with Gasteiger partial charge in [0, 0.05) is 13.0 Å². The molecule has 0 aliphatic heterocycles. The number of carbonyl (C=O) groups is 2. The third-order valence-corrected chi connectivity index (χ3v) is 3.55. The Morgan fingerprint density at radius 3 is 2.32 bits per heavy atom. The largest absolute Gasteiger partial charge is 0.481 e. The van der Waals surface area contributed by atoms with Crippen LogP contribution in [0.3, 0.4) is 0 Å². The maximum Gasteiger partial charge on any atom is 0.315 e. The van der Waals surface area contributed by atoms with Crippen LogP contribution in [0, 0.1) is 5.92 Å². The number of hydrogen-bond acceptors (Lipinski definition) is 2. The third kappa shape index (κ3) is 6.16. The van der Waals surface area contributed by atoms with Crippen molar-refractivity contribution in [2.24, 2.45) is 5.92 Å². The van der Waals surface area contributed by atoms with Gasteiger partial charge in [0.1, 0.15) is 0 Å². The van der Waals surface area contributed by atoms with Crippen molar-refractivity contribution in [1.29, 1.82) is 0 Å². The molecule has 0 radical (unpaired) electrons. The zero-order chi connectivity index (χ0) is 16.5. The number of carboxylic acid groups (broad SMARTS) is 1. The van der Waals surface area contributed by atoms with Crippen LogP contribution in [0.25, 0.3) is 0 Å². The van der Waals surface area contributed by atoms with E-state index in [2.05, 4.69) is 43.5 Å². The quantitative estimate of drug-likeness (QED) is 0.646. The predicted molar refractivity (Wildman–Crippen MR) is 86.8 cm³/mol. The van der Waals surface area contributed by atoms with E-state index in [0.717, 1.165) is 12.0 Å². The molecule has 2 amide bonds. The van der Waals surface area contributed by atoms with Gasteiger partial charge in [0.15, 0.2) is 0 Å². The molecule has 1 aromatic rings. The number of nitrogens with one attached hydrogen (secondary N) is 2. The second-order valence-electron chi connectivity index (χ2n) is 5.71. The van der Waals surface area contributed by atoms with Gasteiger partial charge in [-0.2, -0.15) is 0 Å². The number of carboxylic acids is 1. The van der Waals surface area contributed by atoms with Crippen LogP contribution in [-0.4, -0.2) is 23.7 Å². The molecule has 3 N–H and O–H groups in total. The lowest BCUT2D eigenvalue weighted by molar-refractivity contribution is -0.137. The Morgan fingerprint density at radius 1 is 1.18 bits per heavy atom. The molecular formula is C17H26N2O3. The number of benzene rings is 1. The molecule has 0 spiro atoms. The highest BCUT2D eigenvalue weighted by Gasteiger charge is 2.18. The van der Waals surface area contributed by atoms with E-state index in [1.165, 1.54) is 5.56 Å². The van der Waals surface area contributed by atoms with Crippen molar-refractivity contribution < 1.29 is 14.7 Å². The topological polar surface area (TPSA) is 78.4 Å². The molecule has 0 saturated carbocycles. The zero-order valence-electron chi connectivity index (χ0n) is 13.6. The summed E-state index contributed by atoms with van der Waals surface area (Å²) in [5.41, 5.74) is 2.34. The van der Waals surface area contributed by atoms with Crippen LogP contribution in [-0.2, 0) is 11.2 Å². The molecule has 122 valence electrons. The zero-order valence-corrected chi connectivity index (χ0v) is 13.6. The summed E-state index contributed by atoms with van der Waals surface area (Å²) in [4.78, 5) is 22.3. The first-order chi connectivity index (χ1) is 10.4. The monoisotopic (exact) mass is 306 g/mol. The van der Waals surface area contributed by atoms with E-state index in [4.69, 9.17) is 5.11 Å². The number of amides is 2. The van der Waals surface area contributed by atoms with Crippen LogP contribution in [0.5, 0.6) is 0 Å².